The number of rotatable bonds is 8. The summed E-state index contributed by atoms with van der Waals surface area (Å²) >= 11 is 2.85. The third-order valence-corrected chi connectivity index (χ3v) is 5.74. The summed E-state index contributed by atoms with van der Waals surface area (Å²) in [6.45, 7) is 8.99. The van der Waals surface area contributed by atoms with E-state index < -0.39 is 0 Å². The van der Waals surface area contributed by atoms with Gasteiger partial charge in [-0.1, -0.05) is 18.7 Å². The molecule has 144 valence electrons. The Labute approximate surface area is 162 Å². The second-order valence-corrected chi connectivity index (χ2v) is 9.13. The quantitative estimate of drug-likeness (QED) is 0.421. The third kappa shape index (κ3) is 5.56. The normalized spacial score (nSPS) is 11.9. The van der Waals surface area contributed by atoms with Crippen LogP contribution < -0.4 is 10.9 Å². The Morgan fingerprint density at radius 3 is 2.77 bits per heavy atom. The number of hydrogen-bond acceptors (Lipinski definition) is 6. The lowest BCUT2D eigenvalue weighted by molar-refractivity contribution is -0.119. The van der Waals surface area contributed by atoms with Crippen LogP contribution in [0.15, 0.2) is 16.0 Å². The number of aromatic nitrogens is 2. The van der Waals surface area contributed by atoms with Crippen molar-refractivity contribution in [3.05, 3.63) is 21.3 Å². The lowest BCUT2D eigenvalue weighted by Gasteiger charge is -2.20. The summed E-state index contributed by atoms with van der Waals surface area (Å²) in [6, 6.07) is 1.93. The zero-order valence-corrected chi connectivity index (χ0v) is 17.7. The van der Waals surface area contributed by atoms with E-state index in [0.29, 0.717) is 23.7 Å². The largest absolute Gasteiger partial charge is 0.385 e. The molecule has 0 bridgehead atoms. The first-order valence-corrected chi connectivity index (χ1v) is 10.5. The minimum Gasteiger partial charge on any atom is -0.385 e. The number of thiophene rings is 1. The molecule has 26 heavy (non-hydrogen) atoms. The summed E-state index contributed by atoms with van der Waals surface area (Å²) in [6.07, 6.45) is 1.59. The van der Waals surface area contributed by atoms with Crippen LogP contribution in [0.2, 0.25) is 0 Å². The number of aryl methyl sites for hydroxylation is 1. The maximum atomic E-state index is 12.9. The van der Waals surface area contributed by atoms with Crippen LogP contribution in [0, 0.1) is 0 Å². The van der Waals surface area contributed by atoms with Crippen molar-refractivity contribution in [1.29, 1.82) is 0 Å². The van der Waals surface area contributed by atoms with Crippen LogP contribution >= 0.6 is 23.1 Å². The monoisotopic (exact) mass is 397 g/mol. The average molecular weight is 398 g/mol. The molecule has 0 spiro atoms. The van der Waals surface area contributed by atoms with Crippen molar-refractivity contribution in [1.82, 2.24) is 14.9 Å². The van der Waals surface area contributed by atoms with E-state index >= 15 is 0 Å². The SMILES string of the molecule is CCc1cc2c(=O)n(CCCOC)c(SCC(=O)NC(C)(C)C)nc2s1. The van der Waals surface area contributed by atoms with Gasteiger partial charge in [0.25, 0.3) is 5.56 Å². The van der Waals surface area contributed by atoms with Crippen molar-refractivity contribution in [2.45, 2.75) is 57.8 Å². The molecule has 0 atom stereocenters. The Balaban J connectivity index is 2.30. The van der Waals surface area contributed by atoms with E-state index in [1.165, 1.54) is 11.8 Å². The maximum Gasteiger partial charge on any atom is 0.262 e. The van der Waals surface area contributed by atoms with Gasteiger partial charge in [0, 0.05) is 30.7 Å². The Bertz CT molecular complexity index is 821. The Morgan fingerprint density at radius 2 is 2.15 bits per heavy atom. The Morgan fingerprint density at radius 1 is 1.42 bits per heavy atom. The van der Waals surface area contributed by atoms with E-state index in [2.05, 4.69) is 17.2 Å². The van der Waals surface area contributed by atoms with Gasteiger partial charge in [0.2, 0.25) is 5.91 Å². The van der Waals surface area contributed by atoms with Crippen LogP contribution in [-0.4, -0.2) is 40.5 Å². The number of amides is 1. The van der Waals surface area contributed by atoms with Gasteiger partial charge < -0.3 is 10.1 Å². The van der Waals surface area contributed by atoms with E-state index in [4.69, 9.17) is 4.74 Å². The van der Waals surface area contributed by atoms with Crippen molar-refractivity contribution in [2.75, 3.05) is 19.5 Å². The summed E-state index contributed by atoms with van der Waals surface area (Å²) in [5, 5.41) is 4.18. The summed E-state index contributed by atoms with van der Waals surface area (Å²) in [7, 11) is 1.64. The van der Waals surface area contributed by atoms with Crippen molar-refractivity contribution in [3.8, 4) is 0 Å². The number of carbonyl (C=O) groups excluding carboxylic acids is 1. The van der Waals surface area contributed by atoms with Crippen molar-refractivity contribution < 1.29 is 9.53 Å². The molecular formula is C18H27N3O3S2. The molecule has 2 aromatic heterocycles. The zero-order valence-electron chi connectivity index (χ0n) is 16.0. The summed E-state index contributed by atoms with van der Waals surface area (Å²) in [5.74, 6) is 0.159. The molecule has 1 N–H and O–H groups in total. The summed E-state index contributed by atoms with van der Waals surface area (Å²) < 4.78 is 6.77. The average Bonchev–Trinajstić information content (AvgIpc) is 2.97. The molecule has 0 aliphatic carbocycles. The van der Waals surface area contributed by atoms with Gasteiger partial charge in [0.1, 0.15) is 4.83 Å². The molecule has 1 amide bonds. The molecule has 8 heteroatoms. The lowest BCUT2D eigenvalue weighted by Crippen LogP contribution is -2.41. The molecule has 0 unspecified atom stereocenters. The molecule has 0 aliphatic heterocycles. The number of nitrogens with one attached hydrogen (secondary N) is 1. The van der Waals surface area contributed by atoms with Crippen LogP contribution in [-0.2, 0) is 22.5 Å². The summed E-state index contributed by atoms with van der Waals surface area (Å²) in [4.78, 5) is 31.6. The van der Waals surface area contributed by atoms with Crippen LogP contribution in [0.4, 0.5) is 0 Å². The number of nitrogens with zero attached hydrogens (tertiary/aromatic N) is 2. The highest BCUT2D eigenvalue weighted by Crippen LogP contribution is 2.25. The van der Waals surface area contributed by atoms with Crippen LogP contribution in [0.3, 0.4) is 0 Å². The molecule has 0 aliphatic rings. The van der Waals surface area contributed by atoms with E-state index in [1.54, 1.807) is 23.0 Å². The van der Waals surface area contributed by atoms with Crippen molar-refractivity contribution in [2.24, 2.45) is 0 Å². The number of ether oxygens (including phenoxy) is 1. The third-order valence-electron chi connectivity index (χ3n) is 3.59. The smallest absolute Gasteiger partial charge is 0.262 e. The predicted molar refractivity (Wildman–Crippen MR) is 108 cm³/mol. The standard InChI is InChI=1S/C18H27N3O3S2/c1-6-12-10-13-15(26-12)19-17(21(16(13)23)8-7-9-24-5)25-11-14(22)20-18(2,3)4/h10H,6-9,11H2,1-5H3,(H,20,22). The predicted octanol–water partition coefficient (Wildman–Crippen LogP) is 3.06. The summed E-state index contributed by atoms with van der Waals surface area (Å²) in [5.41, 5.74) is -0.322. The highest BCUT2D eigenvalue weighted by molar-refractivity contribution is 7.99. The second kappa shape index (κ2) is 9.01. The molecule has 0 saturated carbocycles. The van der Waals surface area contributed by atoms with Crippen LogP contribution in [0.5, 0.6) is 0 Å². The fourth-order valence-corrected chi connectivity index (χ4v) is 4.31. The minimum absolute atomic E-state index is 0.0409. The number of hydrogen-bond donors (Lipinski definition) is 1. The van der Waals surface area contributed by atoms with Crippen molar-refractivity contribution >= 4 is 39.2 Å². The maximum absolute atomic E-state index is 12.9. The van der Waals surface area contributed by atoms with E-state index in [0.717, 1.165) is 22.5 Å². The Hall–Kier alpha value is -1.38. The first kappa shape index (κ1) is 20.9. The highest BCUT2D eigenvalue weighted by Gasteiger charge is 2.17. The van der Waals surface area contributed by atoms with Gasteiger partial charge in [-0.2, -0.15) is 0 Å². The van der Waals surface area contributed by atoms with Crippen LogP contribution in [0.1, 0.15) is 39.0 Å². The van der Waals surface area contributed by atoms with Gasteiger partial charge in [0.05, 0.1) is 11.1 Å². The molecule has 2 aromatic rings. The van der Waals surface area contributed by atoms with Crippen LogP contribution in [0.25, 0.3) is 10.2 Å². The van der Waals surface area contributed by atoms with Gasteiger partial charge in [-0.3, -0.25) is 14.2 Å². The Kier molecular flexibility index (Phi) is 7.25. The number of thioether (sulfide) groups is 1. The highest BCUT2D eigenvalue weighted by atomic mass is 32.2. The lowest BCUT2D eigenvalue weighted by atomic mass is 10.1. The molecule has 0 aromatic carbocycles. The molecule has 6 nitrogen and oxygen atoms in total. The molecule has 0 saturated heterocycles. The van der Waals surface area contributed by atoms with Gasteiger partial charge in [-0.25, -0.2) is 4.98 Å². The van der Waals surface area contributed by atoms with E-state index in [9.17, 15) is 9.59 Å². The molecule has 0 fully saturated rings. The molecule has 0 radical (unpaired) electrons. The van der Waals surface area contributed by atoms with Gasteiger partial charge in [0.15, 0.2) is 5.16 Å². The fraction of sp³-hybridized carbons (Fsp3) is 0.611. The van der Waals surface area contributed by atoms with Crippen molar-refractivity contribution in [3.63, 3.8) is 0 Å². The fourth-order valence-electron chi connectivity index (χ4n) is 2.48. The molecule has 2 rings (SSSR count). The first-order valence-electron chi connectivity index (χ1n) is 8.71. The topological polar surface area (TPSA) is 73.2 Å². The number of carbonyl (C=O) groups is 1. The second-order valence-electron chi connectivity index (χ2n) is 7.07. The van der Waals surface area contributed by atoms with Gasteiger partial charge in [-0.15, -0.1) is 11.3 Å². The minimum atomic E-state index is -0.281. The first-order chi connectivity index (χ1) is 12.2. The number of methoxy groups -OCH3 is 1. The van der Waals surface area contributed by atoms with E-state index in [1.807, 2.05) is 26.8 Å². The van der Waals surface area contributed by atoms with Gasteiger partial charge >= 0.3 is 0 Å². The number of fused-ring (bicyclic) bond motifs is 1. The van der Waals surface area contributed by atoms with E-state index in [-0.39, 0.29) is 22.8 Å². The zero-order chi connectivity index (χ0) is 19.3. The van der Waals surface area contributed by atoms with Gasteiger partial charge in [-0.05, 0) is 39.7 Å². The molecule has 2 heterocycles. The molecular weight excluding hydrogens is 370 g/mol.